The van der Waals surface area contributed by atoms with E-state index in [2.05, 4.69) is 10.1 Å². The lowest BCUT2D eigenvalue weighted by molar-refractivity contribution is 0.227. The molecule has 1 aromatic rings. The second kappa shape index (κ2) is 5.81. The van der Waals surface area contributed by atoms with E-state index in [1.54, 1.807) is 0 Å². The van der Waals surface area contributed by atoms with Crippen molar-refractivity contribution in [1.29, 1.82) is 0 Å². The average Bonchev–Trinajstić information content (AvgIpc) is 2.85. The van der Waals surface area contributed by atoms with Crippen LogP contribution in [0.1, 0.15) is 49.7 Å². The fourth-order valence-electron chi connectivity index (χ4n) is 2.74. The van der Waals surface area contributed by atoms with E-state index in [0.717, 1.165) is 19.3 Å². The van der Waals surface area contributed by atoms with E-state index in [1.807, 2.05) is 0 Å². The first kappa shape index (κ1) is 16.6. The summed E-state index contributed by atoms with van der Waals surface area (Å²) in [6, 6.07) is 0. The van der Waals surface area contributed by atoms with Gasteiger partial charge in [0.05, 0.1) is 5.54 Å². The molecule has 8 nitrogen and oxygen atoms in total. The van der Waals surface area contributed by atoms with E-state index in [1.165, 1.54) is 4.31 Å². The molecule has 1 saturated heterocycles. The summed E-state index contributed by atoms with van der Waals surface area (Å²) in [5.41, 5.74) is 5.73. The molecule has 4 N–H and O–H groups in total. The maximum absolute atomic E-state index is 11.2. The molecular formula is C11H20ClN5O3S. The van der Waals surface area contributed by atoms with Gasteiger partial charge in [-0.2, -0.15) is 17.7 Å². The quantitative estimate of drug-likeness (QED) is 0.811. The van der Waals surface area contributed by atoms with Gasteiger partial charge >= 0.3 is 0 Å². The van der Waals surface area contributed by atoms with Crippen LogP contribution in [0.15, 0.2) is 4.52 Å². The highest BCUT2D eigenvalue weighted by Crippen LogP contribution is 2.38. The third kappa shape index (κ3) is 3.21. The highest BCUT2D eigenvalue weighted by atomic mass is 35.5. The van der Waals surface area contributed by atoms with Gasteiger partial charge in [-0.1, -0.05) is 5.16 Å². The van der Waals surface area contributed by atoms with Crippen molar-refractivity contribution in [2.24, 2.45) is 10.9 Å². The van der Waals surface area contributed by atoms with Crippen molar-refractivity contribution in [1.82, 2.24) is 14.4 Å². The molecule has 0 bridgehead atoms. The molecular weight excluding hydrogens is 318 g/mol. The smallest absolute Gasteiger partial charge is 0.276 e. The zero-order valence-electron chi connectivity index (χ0n) is 11.6. The fraction of sp³-hybridized carbons (Fsp3) is 0.818. The van der Waals surface area contributed by atoms with Gasteiger partial charge in [0.1, 0.15) is 0 Å². The van der Waals surface area contributed by atoms with Crippen molar-refractivity contribution in [2.75, 3.05) is 13.1 Å². The van der Waals surface area contributed by atoms with Gasteiger partial charge in [-0.25, -0.2) is 5.14 Å². The van der Waals surface area contributed by atoms with Crippen molar-refractivity contribution in [2.45, 2.75) is 43.6 Å². The van der Waals surface area contributed by atoms with Crippen molar-refractivity contribution in [3.8, 4) is 0 Å². The van der Waals surface area contributed by atoms with Gasteiger partial charge in [-0.3, -0.25) is 0 Å². The Morgan fingerprint density at radius 1 is 1.29 bits per heavy atom. The Labute approximate surface area is 129 Å². The van der Waals surface area contributed by atoms with Crippen LogP contribution in [0.5, 0.6) is 0 Å². The number of nitrogens with zero attached hydrogens (tertiary/aromatic N) is 3. The fourth-order valence-corrected chi connectivity index (χ4v) is 3.46. The summed E-state index contributed by atoms with van der Waals surface area (Å²) in [7, 11) is -3.60. The van der Waals surface area contributed by atoms with Crippen LogP contribution >= 0.6 is 12.4 Å². The topological polar surface area (TPSA) is 128 Å². The second-order valence-corrected chi connectivity index (χ2v) is 7.23. The van der Waals surface area contributed by atoms with Gasteiger partial charge in [0.25, 0.3) is 10.2 Å². The highest BCUT2D eigenvalue weighted by Gasteiger charge is 2.40. The standard InChI is InChI=1S/C11H19N5O3S.ClH/c12-11(4-1-5-11)10-14-9(19-15-10)8-2-6-16(7-3-8)20(13,17)18;/h8H,1-7,12H2,(H2,13,17,18);1H. The van der Waals surface area contributed by atoms with Gasteiger partial charge in [0.15, 0.2) is 5.82 Å². The molecule has 0 radical (unpaired) electrons. The average molecular weight is 338 g/mol. The number of hydrogen-bond acceptors (Lipinski definition) is 6. The third-order valence-electron chi connectivity index (χ3n) is 4.30. The van der Waals surface area contributed by atoms with E-state index < -0.39 is 15.7 Å². The number of hydrogen-bond donors (Lipinski definition) is 2. The van der Waals surface area contributed by atoms with Crippen LogP contribution in [-0.2, 0) is 15.7 Å². The Bertz CT molecular complexity index is 593. The van der Waals surface area contributed by atoms with Crippen LogP contribution < -0.4 is 10.9 Å². The lowest BCUT2D eigenvalue weighted by atomic mass is 9.77. The van der Waals surface area contributed by atoms with Crippen LogP contribution in [0.4, 0.5) is 0 Å². The van der Waals surface area contributed by atoms with Crippen molar-refractivity contribution >= 4 is 22.6 Å². The summed E-state index contributed by atoms with van der Waals surface area (Å²) in [5.74, 6) is 1.22. The van der Waals surface area contributed by atoms with Gasteiger partial charge in [0, 0.05) is 19.0 Å². The first-order valence-electron chi connectivity index (χ1n) is 6.79. The predicted octanol–water partition coefficient (Wildman–Crippen LogP) is 0.212. The summed E-state index contributed by atoms with van der Waals surface area (Å²) in [4.78, 5) is 4.41. The van der Waals surface area contributed by atoms with Crippen molar-refractivity contribution in [3.05, 3.63) is 11.7 Å². The SMILES string of the molecule is Cl.NC1(c2noc(C3CCN(S(N)(=O)=O)CC3)n2)CCC1. The maximum Gasteiger partial charge on any atom is 0.276 e. The van der Waals surface area contributed by atoms with Gasteiger partial charge in [0.2, 0.25) is 5.89 Å². The van der Waals surface area contributed by atoms with Crippen LogP contribution in [0, 0.1) is 0 Å². The van der Waals surface area contributed by atoms with Crippen LogP contribution in [0.3, 0.4) is 0 Å². The van der Waals surface area contributed by atoms with E-state index in [4.69, 9.17) is 15.4 Å². The molecule has 0 amide bonds. The largest absolute Gasteiger partial charge is 0.339 e. The lowest BCUT2D eigenvalue weighted by Crippen LogP contribution is -2.44. The number of halogens is 1. The summed E-state index contributed by atoms with van der Waals surface area (Å²) in [5, 5.41) is 9.10. The summed E-state index contributed by atoms with van der Waals surface area (Å²) >= 11 is 0. The molecule has 120 valence electrons. The molecule has 1 saturated carbocycles. The molecule has 0 unspecified atom stereocenters. The highest BCUT2D eigenvalue weighted by molar-refractivity contribution is 7.86. The first-order chi connectivity index (χ1) is 9.38. The molecule has 1 aliphatic carbocycles. The monoisotopic (exact) mass is 337 g/mol. The number of rotatable bonds is 3. The normalized spacial score (nSPS) is 23.3. The summed E-state index contributed by atoms with van der Waals surface area (Å²) < 4.78 is 29.1. The first-order valence-corrected chi connectivity index (χ1v) is 8.30. The van der Waals surface area contributed by atoms with Crippen LogP contribution in [-0.4, -0.2) is 36.0 Å². The maximum atomic E-state index is 11.2. The number of piperidine rings is 1. The molecule has 2 heterocycles. The lowest BCUT2D eigenvalue weighted by Gasteiger charge is -2.34. The second-order valence-electron chi connectivity index (χ2n) is 5.68. The zero-order valence-corrected chi connectivity index (χ0v) is 13.2. The van der Waals surface area contributed by atoms with Gasteiger partial charge < -0.3 is 10.3 Å². The van der Waals surface area contributed by atoms with Gasteiger partial charge in [-0.15, -0.1) is 12.4 Å². The Hall–Kier alpha value is -0.740. The number of aromatic nitrogens is 2. The minimum absolute atomic E-state index is 0. The molecule has 21 heavy (non-hydrogen) atoms. The Morgan fingerprint density at radius 2 is 1.90 bits per heavy atom. The summed E-state index contributed by atoms with van der Waals surface area (Å²) in [6.45, 7) is 0.768. The van der Waals surface area contributed by atoms with Crippen LogP contribution in [0.25, 0.3) is 0 Å². The molecule has 2 fully saturated rings. The molecule has 0 atom stereocenters. The predicted molar refractivity (Wildman–Crippen MR) is 77.9 cm³/mol. The minimum atomic E-state index is -3.60. The third-order valence-corrected chi connectivity index (χ3v) is 5.38. The van der Waals surface area contributed by atoms with E-state index in [9.17, 15) is 8.42 Å². The molecule has 2 aliphatic rings. The number of nitrogens with two attached hydrogens (primary N) is 2. The van der Waals surface area contributed by atoms with E-state index >= 15 is 0 Å². The van der Waals surface area contributed by atoms with Crippen molar-refractivity contribution in [3.63, 3.8) is 0 Å². The van der Waals surface area contributed by atoms with Crippen molar-refractivity contribution < 1.29 is 12.9 Å². The molecule has 0 aromatic carbocycles. The molecule has 0 spiro atoms. The van der Waals surface area contributed by atoms with E-state index in [0.29, 0.717) is 37.6 Å². The molecule has 1 aliphatic heterocycles. The molecule has 1 aromatic heterocycles. The Balaban J connectivity index is 0.00000161. The Morgan fingerprint density at radius 3 is 2.38 bits per heavy atom. The molecule has 10 heteroatoms. The Kier molecular flexibility index (Phi) is 4.60. The molecule has 3 rings (SSSR count). The minimum Gasteiger partial charge on any atom is -0.339 e. The van der Waals surface area contributed by atoms with Crippen LogP contribution in [0.2, 0.25) is 0 Å². The zero-order chi connectivity index (χ0) is 14.4. The van der Waals surface area contributed by atoms with E-state index in [-0.39, 0.29) is 18.3 Å². The van der Waals surface area contributed by atoms with Gasteiger partial charge in [-0.05, 0) is 32.1 Å². The summed E-state index contributed by atoms with van der Waals surface area (Å²) in [6.07, 6.45) is 4.13.